The number of aliphatic hydroxyl groups excluding tert-OH is 1. The normalized spacial score (nSPS) is 12.1. The molecule has 2 rings (SSSR count). The molecule has 124 valence electrons. The van der Waals surface area contributed by atoms with Crippen molar-refractivity contribution in [3.8, 4) is 11.5 Å². The van der Waals surface area contributed by atoms with Gasteiger partial charge >= 0.3 is 6.61 Å². The van der Waals surface area contributed by atoms with Crippen molar-refractivity contribution in [1.82, 2.24) is 0 Å². The number of alkyl halides is 2. The number of hydrogen-bond donors (Lipinski definition) is 2. The van der Waals surface area contributed by atoms with E-state index in [4.69, 9.17) is 4.74 Å². The second-order valence-electron chi connectivity index (χ2n) is 5.01. The molecular formula is C17H19F2NO3. The summed E-state index contributed by atoms with van der Waals surface area (Å²) in [6.45, 7) is -1.01. The molecule has 0 fully saturated rings. The van der Waals surface area contributed by atoms with Crippen LogP contribution in [0.25, 0.3) is 0 Å². The Morgan fingerprint density at radius 1 is 1.13 bits per heavy atom. The molecule has 2 N–H and O–H groups in total. The van der Waals surface area contributed by atoms with Gasteiger partial charge in [-0.15, -0.1) is 0 Å². The minimum atomic E-state index is -2.92. The summed E-state index contributed by atoms with van der Waals surface area (Å²) < 4.78 is 34.4. The van der Waals surface area contributed by atoms with Gasteiger partial charge in [0.2, 0.25) is 0 Å². The zero-order valence-electron chi connectivity index (χ0n) is 12.9. The Bertz CT molecular complexity index is 649. The maximum Gasteiger partial charge on any atom is 0.387 e. The van der Waals surface area contributed by atoms with Gasteiger partial charge in [-0.2, -0.15) is 8.78 Å². The smallest absolute Gasteiger partial charge is 0.387 e. The average Bonchev–Trinajstić information content (AvgIpc) is 2.54. The lowest BCUT2D eigenvalue weighted by atomic mass is 10.1. The lowest BCUT2D eigenvalue weighted by molar-refractivity contribution is -0.0511. The van der Waals surface area contributed by atoms with Crippen molar-refractivity contribution >= 4 is 5.69 Å². The highest BCUT2D eigenvalue weighted by Crippen LogP contribution is 2.32. The van der Waals surface area contributed by atoms with Crippen LogP contribution in [-0.4, -0.2) is 18.8 Å². The largest absolute Gasteiger partial charge is 0.493 e. The molecule has 0 spiro atoms. The topological polar surface area (TPSA) is 50.7 Å². The van der Waals surface area contributed by atoms with Crippen molar-refractivity contribution < 1.29 is 23.4 Å². The molecule has 2 aromatic rings. The van der Waals surface area contributed by atoms with Gasteiger partial charge in [0.05, 0.1) is 13.7 Å². The summed E-state index contributed by atoms with van der Waals surface area (Å²) in [6.07, 6.45) is 0. The van der Waals surface area contributed by atoms with Crippen molar-refractivity contribution in [3.05, 3.63) is 53.6 Å². The van der Waals surface area contributed by atoms with Crippen LogP contribution < -0.4 is 14.8 Å². The van der Waals surface area contributed by atoms with Crippen LogP contribution in [0, 0.1) is 0 Å². The number of methoxy groups -OCH3 is 1. The molecule has 1 atom stereocenters. The van der Waals surface area contributed by atoms with Crippen molar-refractivity contribution in [3.63, 3.8) is 0 Å². The monoisotopic (exact) mass is 323 g/mol. The summed E-state index contributed by atoms with van der Waals surface area (Å²) in [6, 6.07) is 12.2. The van der Waals surface area contributed by atoms with Gasteiger partial charge in [0.1, 0.15) is 0 Å². The van der Waals surface area contributed by atoms with E-state index in [0.717, 1.165) is 11.1 Å². The highest BCUT2D eigenvalue weighted by molar-refractivity contribution is 5.55. The number of aliphatic hydroxyl groups is 1. The van der Waals surface area contributed by atoms with E-state index in [1.54, 1.807) is 12.1 Å². The fourth-order valence-electron chi connectivity index (χ4n) is 2.25. The van der Waals surface area contributed by atoms with Crippen LogP contribution in [0.3, 0.4) is 0 Å². The standard InChI is InChI=1S/C17H19F2NO3/c1-11(13-5-3-4-12(8-13)10-21)20-14-6-7-15(22-2)16(9-14)23-17(18)19/h3-9,11,17,20-21H,10H2,1-2H3. The number of rotatable bonds is 7. The van der Waals surface area contributed by atoms with Gasteiger partial charge in [0.25, 0.3) is 0 Å². The SMILES string of the molecule is COc1ccc(NC(C)c2cccc(CO)c2)cc1OC(F)F. The van der Waals surface area contributed by atoms with Crippen LogP contribution in [0.4, 0.5) is 14.5 Å². The van der Waals surface area contributed by atoms with E-state index in [9.17, 15) is 13.9 Å². The van der Waals surface area contributed by atoms with Gasteiger partial charge < -0.3 is 19.9 Å². The second-order valence-corrected chi connectivity index (χ2v) is 5.01. The van der Waals surface area contributed by atoms with Crippen molar-refractivity contribution in [2.75, 3.05) is 12.4 Å². The summed E-state index contributed by atoms with van der Waals surface area (Å²) in [7, 11) is 1.39. The van der Waals surface area contributed by atoms with Crippen LogP contribution >= 0.6 is 0 Å². The first kappa shape index (κ1) is 17.0. The Hall–Kier alpha value is -2.34. The molecule has 0 radical (unpaired) electrons. The van der Waals surface area contributed by atoms with Crippen LogP contribution in [0.2, 0.25) is 0 Å². The van der Waals surface area contributed by atoms with Crippen LogP contribution in [0.5, 0.6) is 11.5 Å². The lowest BCUT2D eigenvalue weighted by Crippen LogP contribution is -2.08. The Kier molecular flexibility index (Phi) is 5.76. The fraction of sp³-hybridized carbons (Fsp3) is 0.294. The van der Waals surface area contributed by atoms with Gasteiger partial charge in [0.15, 0.2) is 11.5 Å². The Labute approximate surface area is 133 Å². The average molecular weight is 323 g/mol. The van der Waals surface area contributed by atoms with Gasteiger partial charge in [-0.1, -0.05) is 24.3 Å². The van der Waals surface area contributed by atoms with Gasteiger partial charge in [-0.3, -0.25) is 0 Å². The second kappa shape index (κ2) is 7.78. The number of hydrogen-bond acceptors (Lipinski definition) is 4. The van der Waals surface area contributed by atoms with E-state index >= 15 is 0 Å². The molecule has 0 aromatic heterocycles. The molecule has 0 bridgehead atoms. The van der Waals surface area contributed by atoms with E-state index in [1.807, 2.05) is 31.2 Å². The van der Waals surface area contributed by atoms with Crippen LogP contribution in [0.15, 0.2) is 42.5 Å². The zero-order valence-corrected chi connectivity index (χ0v) is 12.9. The van der Waals surface area contributed by atoms with Gasteiger partial charge in [-0.25, -0.2) is 0 Å². The summed E-state index contributed by atoms with van der Waals surface area (Å²) in [5.41, 5.74) is 2.42. The van der Waals surface area contributed by atoms with Crippen molar-refractivity contribution in [2.45, 2.75) is 26.2 Å². The first-order valence-corrected chi connectivity index (χ1v) is 7.12. The first-order chi connectivity index (χ1) is 11.0. The maximum absolute atomic E-state index is 12.5. The minimum Gasteiger partial charge on any atom is -0.493 e. The molecule has 2 aromatic carbocycles. The van der Waals surface area contributed by atoms with Crippen molar-refractivity contribution in [1.29, 1.82) is 0 Å². The third-order valence-corrected chi connectivity index (χ3v) is 3.40. The summed E-state index contributed by atoms with van der Waals surface area (Å²) in [5, 5.41) is 12.4. The number of anilines is 1. The van der Waals surface area contributed by atoms with E-state index in [0.29, 0.717) is 5.69 Å². The molecule has 0 aliphatic carbocycles. The molecule has 0 saturated heterocycles. The summed E-state index contributed by atoms with van der Waals surface area (Å²) >= 11 is 0. The molecular weight excluding hydrogens is 304 g/mol. The molecule has 6 heteroatoms. The molecule has 0 aliphatic rings. The van der Waals surface area contributed by atoms with Gasteiger partial charge in [0, 0.05) is 17.8 Å². The third kappa shape index (κ3) is 4.56. The Morgan fingerprint density at radius 2 is 1.91 bits per heavy atom. The van der Waals surface area contributed by atoms with Crippen LogP contribution in [-0.2, 0) is 6.61 Å². The number of nitrogens with one attached hydrogen (secondary N) is 1. The van der Waals surface area contributed by atoms with E-state index in [1.165, 1.54) is 13.2 Å². The Balaban J connectivity index is 2.18. The first-order valence-electron chi connectivity index (χ1n) is 7.12. The fourth-order valence-corrected chi connectivity index (χ4v) is 2.25. The molecule has 4 nitrogen and oxygen atoms in total. The number of halogens is 2. The lowest BCUT2D eigenvalue weighted by Gasteiger charge is -2.18. The number of ether oxygens (including phenoxy) is 2. The van der Waals surface area contributed by atoms with E-state index in [2.05, 4.69) is 10.1 Å². The van der Waals surface area contributed by atoms with E-state index < -0.39 is 6.61 Å². The highest BCUT2D eigenvalue weighted by Gasteiger charge is 2.13. The molecule has 0 aliphatic heterocycles. The molecule has 23 heavy (non-hydrogen) atoms. The third-order valence-electron chi connectivity index (χ3n) is 3.40. The quantitative estimate of drug-likeness (QED) is 0.810. The Morgan fingerprint density at radius 3 is 2.57 bits per heavy atom. The molecule has 0 saturated carbocycles. The highest BCUT2D eigenvalue weighted by atomic mass is 19.3. The van der Waals surface area contributed by atoms with Crippen molar-refractivity contribution in [2.24, 2.45) is 0 Å². The predicted molar refractivity (Wildman–Crippen MR) is 84.0 cm³/mol. The minimum absolute atomic E-state index is 0.0243. The number of benzene rings is 2. The molecule has 0 heterocycles. The zero-order chi connectivity index (χ0) is 16.8. The predicted octanol–water partition coefficient (Wildman–Crippen LogP) is 3.96. The van der Waals surface area contributed by atoms with E-state index in [-0.39, 0.29) is 24.1 Å². The summed E-state index contributed by atoms with van der Waals surface area (Å²) in [4.78, 5) is 0. The van der Waals surface area contributed by atoms with Gasteiger partial charge in [-0.05, 0) is 30.2 Å². The molecule has 0 amide bonds. The molecule has 1 unspecified atom stereocenters. The summed E-state index contributed by atoms with van der Waals surface area (Å²) in [5.74, 6) is 0.217. The maximum atomic E-state index is 12.5. The van der Waals surface area contributed by atoms with Crippen LogP contribution in [0.1, 0.15) is 24.1 Å².